The predicted octanol–water partition coefficient (Wildman–Crippen LogP) is 3.19. The minimum Gasteiger partial charge on any atom is -0.493 e. The molecule has 3 rings (SSSR count). The summed E-state index contributed by atoms with van der Waals surface area (Å²) in [4.78, 5) is 17.7. The number of nitriles is 1. The van der Waals surface area contributed by atoms with Gasteiger partial charge in [0.2, 0.25) is 0 Å². The van der Waals surface area contributed by atoms with E-state index in [9.17, 15) is 4.79 Å². The molecule has 0 aliphatic heterocycles. The number of fused-ring (bicyclic) bond motifs is 1. The third-order valence-corrected chi connectivity index (χ3v) is 5.24. The van der Waals surface area contributed by atoms with E-state index in [4.69, 9.17) is 19.6 Å². The van der Waals surface area contributed by atoms with Crippen molar-refractivity contribution < 1.29 is 19.1 Å². The number of benzene rings is 2. The molecular formula is C24H27N3O4. The maximum absolute atomic E-state index is 12.8. The molecule has 1 aliphatic carbocycles. The quantitative estimate of drug-likeness (QED) is 0.496. The van der Waals surface area contributed by atoms with Crippen LogP contribution < -0.4 is 14.8 Å². The van der Waals surface area contributed by atoms with Crippen LogP contribution in [0.15, 0.2) is 41.6 Å². The van der Waals surface area contributed by atoms with Gasteiger partial charge in [0.05, 0.1) is 7.11 Å². The summed E-state index contributed by atoms with van der Waals surface area (Å²) in [5.74, 6) is 0.784. The number of oxime groups is 1. The number of aryl methyl sites for hydroxylation is 2. The largest absolute Gasteiger partial charge is 0.493 e. The first-order valence-corrected chi connectivity index (χ1v) is 10.3. The van der Waals surface area contributed by atoms with Gasteiger partial charge in [-0.25, -0.2) is 0 Å². The van der Waals surface area contributed by atoms with Gasteiger partial charge in [0.1, 0.15) is 13.2 Å². The normalized spacial score (nSPS) is 13.0. The Balaban J connectivity index is 1.63. The molecule has 0 bridgehead atoms. The molecule has 2 aromatic carbocycles. The van der Waals surface area contributed by atoms with Gasteiger partial charge < -0.3 is 19.6 Å². The number of nitrogens with one attached hydrogen (secondary N) is 1. The summed E-state index contributed by atoms with van der Waals surface area (Å²) in [7, 11) is 2.99. The SMILES string of the molecule is CO/N=C(/C(=O)NCCc1ccc(OCC#N)c(OC)c1)c1ccc2c(c1)CCCC2. The van der Waals surface area contributed by atoms with Crippen molar-refractivity contribution in [1.82, 2.24) is 5.32 Å². The minimum absolute atomic E-state index is 0.0456. The highest BCUT2D eigenvalue weighted by Gasteiger charge is 2.18. The fraction of sp³-hybridized carbons (Fsp3) is 0.375. The lowest BCUT2D eigenvalue weighted by Crippen LogP contribution is -2.33. The van der Waals surface area contributed by atoms with Crippen molar-refractivity contribution >= 4 is 11.6 Å². The molecule has 0 atom stereocenters. The Hall–Kier alpha value is -3.53. The number of rotatable bonds is 9. The van der Waals surface area contributed by atoms with Crippen LogP contribution in [0, 0.1) is 11.3 Å². The molecule has 7 nitrogen and oxygen atoms in total. The second-order valence-corrected chi connectivity index (χ2v) is 7.25. The maximum atomic E-state index is 12.8. The highest BCUT2D eigenvalue weighted by atomic mass is 16.6. The van der Waals surface area contributed by atoms with Crippen molar-refractivity contribution in [2.45, 2.75) is 32.1 Å². The van der Waals surface area contributed by atoms with Gasteiger partial charge in [0, 0.05) is 12.1 Å². The number of hydrogen-bond donors (Lipinski definition) is 1. The predicted molar refractivity (Wildman–Crippen MR) is 117 cm³/mol. The number of hydrogen-bond acceptors (Lipinski definition) is 6. The molecule has 1 N–H and O–H groups in total. The first-order chi connectivity index (χ1) is 15.2. The Morgan fingerprint density at radius 2 is 1.90 bits per heavy atom. The third-order valence-electron chi connectivity index (χ3n) is 5.24. The number of nitrogens with zero attached hydrogens (tertiary/aromatic N) is 2. The Bertz CT molecular complexity index is 995. The van der Waals surface area contributed by atoms with Crippen LogP contribution >= 0.6 is 0 Å². The molecule has 0 aromatic heterocycles. The van der Waals surface area contributed by atoms with Crippen molar-refractivity contribution in [3.05, 3.63) is 58.7 Å². The van der Waals surface area contributed by atoms with E-state index in [0.29, 0.717) is 24.5 Å². The molecule has 2 aromatic rings. The van der Waals surface area contributed by atoms with Gasteiger partial charge in [-0.3, -0.25) is 4.79 Å². The summed E-state index contributed by atoms with van der Waals surface area (Å²) < 4.78 is 10.7. The number of ether oxygens (including phenoxy) is 2. The molecule has 0 unspecified atom stereocenters. The smallest absolute Gasteiger partial charge is 0.273 e. The highest BCUT2D eigenvalue weighted by Crippen LogP contribution is 2.28. The zero-order valence-electron chi connectivity index (χ0n) is 17.9. The van der Waals surface area contributed by atoms with Crippen molar-refractivity contribution in [3.63, 3.8) is 0 Å². The summed E-state index contributed by atoms with van der Waals surface area (Å²) in [5, 5.41) is 15.6. The number of carbonyl (C=O) groups excluding carboxylic acids is 1. The van der Waals surface area contributed by atoms with Gasteiger partial charge in [-0.05, 0) is 67.0 Å². The van der Waals surface area contributed by atoms with Crippen LogP contribution in [0.4, 0.5) is 0 Å². The molecule has 162 valence electrons. The van der Waals surface area contributed by atoms with Crippen molar-refractivity contribution in [2.24, 2.45) is 5.16 Å². The number of carbonyl (C=O) groups is 1. The van der Waals surface area contributed by atoms with Crippen LogP contribution in [-0.2, 0) is 28.9 Å². The van der Waals surface area contributed by atoms with E-state index in [0.717, 1.165) is 24.0 Å². The van der Waals surface area contributed by atoms with Crippen LogP contribution in [0.1, 0.15) is 35.1 Å². The molecule has 1 amide bonds. The van der Waals surface area contributed by atoms with E-state index in [1.54, 1.807) is 13.2 Å². The van der Waals surface area contributed by atoms with Gasteiger partial charge in [-0.15, -0.1) is 0 Å². The summed E-state index contributed by atoms with van der Waals surface area (Å²) >= 11 is 0. The topological polar surface area (TPSA) is 92.9 Å². The zero-order chi connectivity index (χ0) is 22.1. The summed E-state index contributed by atoms with van der Waals surface area (Å²) in [6.07, 6.45) is 5.10. The maximum Gasteiger partial charge on any atom is 0.273 e. The summed E-state index contributed by atoms with van der Waals surface area (Å²) in [6.45, 7) is 0.379. The molecule has 1 aliphatic rings. The molecule has 0 saturated heterocycles. The van der Waals surface area contributed by atoms with Crippen LogP contribution in [-0.4, -0.2) is 39.0 Å². The zero-order valence-corrected chi connectivity index (χ0v) is 17.9. The molecule has 0 fully saturated rings. The second kappa shape index (κ2) is 11.0. The lowest BCUT2D eigenvalue weighted by atomic mass is 9.89. The molecule has 0 radical (unpaired) electrons. The van der Waals surface area contributed by atoms with E-state index >= 15 is 0 Å². The standard InChI is InChI=1S/C24H27N3O4/c1-29-22-15-17(7-10-21(22)31-14-12-25)11-13-26-24(28)23(27-30-2)20-9-8-18-5-3-4-6-19(18)16-20/h7-10,15-16H,3-6,11,13-14H2,1-2H3,(H,26,28)/b27-23+. The van der Waals surface area contributed by atoms with Gasteiger partial charge in [-0.1, -0.05) is 23.4 Å². The fourth-order valence-corrected chi connectivity index (χ4v) is 3.70. The lowest BCUT2D eigenvalue weighted by molar-refractivity contribution is -0.114. The van der Waals surface area contributed by atoms with Crippen molar-refractivity contribution in [2.75, 3.05) is 27.4 Å². The number of methoxy groups -OCH3 is 1. The Morgan fingerprint density at radius 1 is 1.10 bits per heavy atom. The van der Waals surface area contributed by atoms with E-state index in [1.807, 2.05) is 24.3 Å². The van der Waals surface area contributed by atoms with Gasteiger partial charge in [0.15, 0.2) is 23.8 Å². The van der Waals surface area contributed by atoms with E-state index in [1.165, 1.54) is 31.1 Å². The Morgan fingerprint density at radius 3 is 2.65 bits per heavy atom. The van der Waals surface area contributed by atoms with Gasteiger partial charge in [-0.2, -0.15) is 5.26 Å². The van der Waals surface area contributed by atoms with Crippen LogP contribution in [0.2, 0.25) is 0 Å². The molecule has 0 saturated carbocycles. The first kappa shape index (κ1) is 22.2. The first-order valence-electron chi connectivity index (χ1n) is 10.3. The van der Waals surface area contributed by atoms with Crippen LogP contribution in [0.3, 0.4) is 0 Å². The van der Waals surface area contributed by atoms with Gasteiger partial charge >= 0.3 is 0 Å². The van der Waals surface area contributed by atoms with Crippen LogP contribution in [0.25, 0.3) is 0 Å². The van der Waals surface area contributed by atoms with Crippen molar-refractivity contribution in [1.29, 1.82) is 5.26 Å². The lowest BCUT2D eigenvalue weighted by Gasteiger charge is -2.17. The van der Waals surface area contributed by atoms with Crippen LogP contribution in [0.5, 0.6) is 11.5 Å². The van der Waals surface area contributed by atoms with E-state index in [2.05, 4.69) is 22.6 Å². The third kappa shape index (κ3) is 5.76. The molecule has 31 heavy (non-hydrogen) atoms. The Labute approximate surface area is 182 Å². The monoisotopic (exact) mass is 421 g/mol. The summed E-state index contributed by atoms with van der Waals surface area (Å²) in [6, 6.07) is 13.5. The minimum atomic E-state index is -0.279. The Kier molecular flexibility index (Phi) is 7.88. The van der Waals surface area contributed by atoms with Gasteiger partial charge in [0.25, 0.3) is 5.91 Å². The van der Waals surface area contributed by atoms with E-state index < -0.39 is 0 Å². The average molecular weight is 421 g/mol. The molecular weight excluding hydrogens is 394 g/mol. The molecule has 7 heteroatoms. The molecule has 0 heterocycles. The van der Waals surface area contributed by atoms with E-state index in [-0.39, 0.29) is 18.2 Å². The van der Waals surface area contributed by atoms with Crippen molar-refractivity contribution in [3.8, 4) is 17.6 Å². The number of amides is 1. The highest BCUT2D eigenvalue weighted by molar-refractivity contribution is 6.45. The average Bonchev–Trinajstić information content (AvgIpc) is 2.81. The second-order valence-electron chi connectivity index (χ2n) is 7.25. The molecule has 0 spiro atoms. The fourth-order valence-electron chi connectivity index (χ4n) is 3.70. The summed E-state index contributed by atoms with van der Waals surface area (Å²) in [5.41, 5.74) is 4.64.